The summed E-state index contributed by atoms with van der Waals surface area (Å²) >= 11 is 0. The van der Waals surface area contributed by atoms with Crippen LogP contribution < -0.4 is 10.5 Å². The number of aryl methyl sites for hydroxylation is 2. The summed E-state index contributed by atoms with van der Waals surface area (Å²) in [5.41, 5.74) is 10.7. The van der Waals surface area contributed by atoms with Gasteiger partial charge in [-0.05, 0) is 60.1 Å². The maximum atomic E-state index is 5.97. The molecule has 0 unspecified atom stereocenters. The van der Waals surface area contributed by atoms with E-state index in [2.05, 4.69) is 37.0 Å². The number of nitrogens with two attached hydrogens (primary N) is 1. The molecule has 3 rings (SSSR count). The van der Waals surface area contributed by atoms with Crippen molar-refractivity contribution in [2.45, 2.75) is 45.6 Å². The van der Waals surface area contributed by atoms with Gasteiger partial charge in [0.2, 0.25) is 5.88 Å². The van der Waals surface area contributed by atoms with Crippen LogP contribution in [0.2, 0.25) is 0 Å². The van der Waals surface area contributed by atoms with Gasteiger partial charge in [0.1, 0.15) is 5.75 Å². The number of rotatable bonds is 4. The molecule has 1 aromatic heterocycles. The van der Waals surface area contributed by atoms with E-state index in [1.165, 1.54) is 24.0 Å². The molecule has 2 N–H and O–H groups in total. The summed E-state index contributed by atoms with van der Waals surface area (Å²) in [4.78, 5) is 4.59. The Balaban J connectivity index is 1.88. The lowest BCUT2D eigenvalue weighted by atomic mass is 10.1. The Hall–Kier alpha value is -1.87. The van der Waals surface area contributed by atoms with Gasteiger partial charge in [-0.3, -0.25) is 0 Å². The molecule has 0 fully saturated rings. The van der Waals surface area contributed by atoms with Crippen LogP contribution in [0, 0.1) is 0 Å². The highest BCUT2D eigenvalue weighted by Gasteiger charge is 2.12. The summed E-state index contributed by atoms with van der Waals surface area (Å²) in [6, 6.07) is 10.3. The fourth-order valence-electron chi connectivity index (χ4n) is 2.78. The predicted molar refractivity (Wildman–Crippen MR) is 84.8 cm³/mol. The van der Waals surface area contributed by atoms with E-state index in [1.807, 2.05) is 12.1 Å². The number of fused-ring (bicyclic) bond motifs is 1. The third-order valence-electron chi connectivity index (χ3n) is 4.00. The third kappa shape index (κ3) is 3.08. The molecule has 110 valence electrons. The van der Waals surface area contributed by atoms with Crippen LogP contribution in [-0.2, 0) is 19.4 Å². The van der Waals surface area contributed by atoms with Crippen LogP contribution in [0.15, 0.2) is 30.3 Å². The quantitative estimate of drug-likeness (QED) is 0.923. The minimum Gasteiger partial charge on any atom is -0.439 e. The number of benzene rings is 1. The number of nitrogens with zero attached hydrogens (tertiary/aromatic N) is 1. The average Bonchev–Trinajstić information content (AvgIpc) is 2.94. The molecule has 0 bridgehead atoms. The van der Waals surface area contributed by atoms with Gasteiger partial charge in [-0.1, -0.05) is 19.9 Å². The summed E-state index contributed by atoms with van der Waals surface area (Å²) in [5, 5.41) is 0. The maximum Gasteiger partial charge on any atom is 0.219 e. The number of pyridine rings is 1. The Morgan fingerprint density at radius 1 is 1.14 bits per heavy atom. The van der Waals surface area contributed by atoms with Gasteiger partial charge in [0.15, 0.2) is 0 Å². The van der Waals surface area contributed by atoms with E-state index in [1.54, 1.807) is 0 Å². The van der Waals surface area contributed by atoms with E-state index in [0.29, 0.717) is 18.3 Å². The fraction of sp³-hybridized carbons (Fsp3) is 0.389. The summed E-state index contributed by atoms with van der Waals surface area (Å²) in [6.45, 7) is 4.76. The van der Waals surface area contributed by atoms with E-state index in [4.69, 9.17) is 10.5 Å². The van der Waals surface area contributed by atoms with Crippen molar-refractivity contribution < 1.29 is 4.74 Å². The van der Waals surface area contributed by atoms with E-state index in [-0.39, 0.29) is 0 Å². The van der Waals surface area contributed by atoms with Crippen LogP contribution in [0.25, 0.3) is 0 Å². The van der Waals surface area contributed by atoms with Crippen molar-refractivity contribution >= 4 is 0 Å². The second-order valence-corrected chi connectivity index (χ2v) is 5.98. The second-order valence-electron chi connectivity index (χ2n) is 5.98. The highest BCUT2D eigenvalue weighted by Crippen LogP contribution is 2.29. The molecule has 21 heavy (non-hydrogen) atoms. The first kappa shape index (κ1) is 14.1. The Morgan fingerprint density at radius 2 is 1.95 bits per heavy atom. The van der Waals surface area contributed by atoms with Crippen LogP contribution in [0.4, 0.5) is 0 Å². The zero-order chi connectivity index (χ0) is 14.8. The lowest BCUT2D eigenvalue weighted by Crippen LogP contribution is -2.02. The molecular formula is C18H22N2O. The van der Waals surface area contributed by atoms with E-state index < -0.39 is 0 Å². The maximum absolute atomic E-state index is 5.97. The van der Waals surface area contributed by atoms with Gasteiger partial charge in [-0.25, -0.2) is 4.98 Å². The number of hydrogen-bond donors (Lipinski definition) is 1. The van der Waals surface area contributed by atoms with Crippen molar-refractivity contribution in [3.8, 4) is 11.6 Å². The van der Waals surface area contributed by atoms with Gasteiger partial charge in [0.05, 0.1) is 0 Å². The monoisotopic (exact) mass is 282 g/mol. The van der Waals surface area contributed by atoms with Gasteiger partial charge < -0.3 is 10.5 Å². The molecular weight excluding hydrogens is 260 g/mol. The molecule has 3 nitrogen and oxygen atoms in total. The minimum absolute atomic E-state index is 0.360. The summed E-state index contributed by atoms with van der Waals surface area (Å²) in [7, 11) is 0. The molecule has 1 aromatic carbocycles. The normalized spacial score (nSPS) is 13.5. The first-order valence-electron chi connectivity index (χ1n) is 7.66. The third-order valence-corrected chi connectivity index (χ3v) is 4.00. The van der Waals surface area contributed by atoms with Crippen molar-refractivity contribution in [3.05, 3.63) is 52.7 Å². The van der Waals surface area contributed by atoms with Crippen LogP contribution >= 0.6 is 0 Å². The van der Waals surface area contributed by atoms with Crippen molar-refractivity contribution in [2.75, 3.05) is 0 Å². The van der Waals surface area contributed by atoms with Crippen LogP contribution in [0.3, 0.4) is 0 Å². The largest absolute Gasteiger partial charge is 0.439 e. The standard InChI is InChI=1S/C18H22N2O/c1-12(2)17-8-13(11-19)9-18(20-17)21-16-7-6-14-4-3-5-15(14)10-16/h6-10,12H,3-5,11,19H2,1-2H3. The van der Waals surface area contributed by atoms with Gasteiger partial charge in [0.25, 0.3) is 0 Å². The fourth-order valence-corrected chi connectivity index (χ4v) is 2.78. The zero-order valence-electron chi connectivity index (χ0n) is 12.7. The Bertz CT molecular complexity index is 650. The molecule has 0 spiro atoms. The zero-order valence-corrected chi connectivity index (χ0v) is 12.7. The highest BCUT2D eigenvalue weighted by atomic mass is 16.5. The smallest absolute Gasteiger partial charge is 0.219 e. The molecule has 0 amide bonds. The van der Waals surface area contributed by atoms with E-state index in [0.717, 1.165) is 23.4 Å². The minimum atomic E-state index is 0.360. The lowest BCUT2D eigenvalue weighted by Gasteiger charge is -2.12. The summed E-state index contributed by atoms with van der Waals surface area (Å²) in [5.74, 6) is 1.87. The number of aromatic nitrogens is 1. The molecule has 3 heteroatoms. The van der Waals surface area contributed by atoms with Crippen molar-refractivity contribution in [1.82, 2.24) is 4.98 Å². The molecule has 1 heterocycles. The Labute approximate surface area is 126 Å². The topological polar surface area (TPSA) is 48.1 Å². The van der Waals surface area contributed by atoms with Crippen LogP contribution in [0.5, 0.6) is 11.6 Å². The van der Waals surface area contributed by atoms with Gasteiger partial charge in [0, 0.05) is 18.3 Å². The molecule has 0 aliphatic heterocycles. The first-order valence-corrected chi connectivity index (χ1v) is 7.66. The van der Waals surface area contributed by atoms with Gasteiger partial charge >= 0.3 is 0 Å². The molecule has 1 aliphatic carbocycles. The molecule has 1 aliphatic rings. The van der Waals surface area contributed by atoms with Crippen LogP contribution in [-0.4, -0.2) is 4.98 Å². The highest BCUT2D eigenvalue weighted by molar-refractivity contribution is 5.40. The van der Waals surface area contributed by atoms with E-state index in [9.17, 15) is 0 Å². The van der Waals surface area contributed by atoms with Gasteiger partial charge in [-0.2, -0.15) is 0 Å². The molecule has 0 saturated carbocycles. The Kier molecular flexibility index (Phi) is 3.93. The Morgan fingerprint density at radius 3 is 2.71 bits per heavy atom. The number of ether oxygens (including phenoxy) is 1. The average molecular weight is 282 g/mol. The lowest BCUT2D eigenvalue weighted by molar-refractivity contribution is 0.458. The van der Waals surface area contributed by atoms with Crippen molar-refractivity contribution in [1.29, 1.82) is 0 Å². The molecule has 0 atom stereocenters. The second kappa shape index (κ2) is 5.86. The predicted octanol–water partition coefficient (Wildman–Crippen LogP) is 3.94. The van der Waals surface area contributed by atoms with Gasteiger partial charge in [-0.15, -0.1) is 0 Å². The van der Waals surface area contributed by atoms with Crippen LogP contribution in [0.1, 0.15) is 48.6 Å². The van der Waals surface area contributed by atoms with Crippen molar-refractivity contribution in [3.63, 3.8) is 0 Å². The molecule has 0 saturated heterocycles. The van der Waals surface area contributed by atoms with Crippen molar-refractivity contribution in [2.24, 2.45) is 5.73 Å². The number of hydrogen-bond acceptors (Lipinski definition) is 3. The summed E-state index contributed by atoms with van der Waals surface area (Å²) in [6.07, 6.45) is 3.59. The van der Waals surface area contributed by atoms with E-state index >= 15 is 0 Å². The molecule has 0 radical (unpaired) electrons. The SMILES string of the molecule is CC(C)c1cc(CN)cc(Oc2ccc3c(c2)CCC3)n1. The summed E-state index contributed by atoms with van der Waals surface area (Å²) < 4.78 is 5.97. The first-order chi connectivity index (χ1) is 10.2. The molecule has 2 aromatic rings.